The molecule has 3 nitrogen and oxygen atoms in total. The molecule has 0 aliphatic heterocycles. The molecule has 0 aromatic rings. The Labute approximate surface area is 132 Å². The van der Waals surface area contributed by atoms with Gasteiger partial charge >= 0.3 is 0 Å². The van der Waals surface area contributed by atoms with Crippen LogP contribution < -0.4 is 5.73 Å². The minimum Gasteiger partial charge on any atom is -0.396 e. The summed E-state index contributed by atoms with van der Waals surface area (Å²) < 4.78 is 0. The second kappa shape index (κ2) is 16.3. The van der Waals surface area contributed by atoms with E-state index in [1.807, 2.05) is 0 Å². The van der Waals surface area contributed by atoms with E-state index in [0.29, 0.717) is 0 Å². The highest BCUT2D eigenvalue weighted by atomic mass is 16.3. The van der Waals surface area contributed by atoms with Gasteiger partial charge in [-0.15, -0.1) is 0 Å². The van der Waals surface area contributed by atoms with Crippen LogP contribution in [0.25, 0.3) is 0 Å². The van der Waals surface area contributed by atoms with Gasteiger partial charge in [-0.05, 0) is 12.8 Å². The summed E-state index contributed by atoms with van der Waals surface area (Å²) in [5, 5.41) is 18.0. The first kappa shape index (κ1) is 20.9. The summed E-state index contributed by atoms with van der Waals surface area (Å²) in [4.78, 5) is 0. The van der Waals surface area contributed by atoms with E-state index in [1.54, 1.807) is 0 Å². The monoisotopic (exact) mass is 301 g/mol. The molecule has 0 amide bonds. The van der Waals surface area contributed by atoms with E-state index in [2.05, 4.69) is 6.92 Å². The van der Waals surface area contributed by atoms with Crippen molar-refractivity contribution < 1.29 is 10.2 Å². The number of aliphatic hydroxyl groups is 2. The van der Waals surface area contributed by atoms with E-state index in [0.717, 1.165) is 12.8 Å². The second-order valence-electron chi connectivity index (χ2n) is 6.55. The largest absolute Gasteiger partial charge is 0.396 e. The smallest absolute Gasteiger partial charge is 0.0481 e. The Kier molecular flexibility index (Phi) is 16.2. The van der Waals surface area contributed by atoms with Gasteiger partial charge < -0.3 is 15.9 Å². The van der Waals surface area contributed by atoms with Gasteiger partial charge in [-0.1, -0.05) is 77.6 Å². The maximum Gasteiger partial charge on any atom is 0.0481 e. The standard InChI is InChI=1S/C18H39NO2/c1-2-3-4-5-6-7-8-9-10-11-12-13-18(19)14-17(15-20)16-21/h17-18,20-21H,2-16,19H2,1H3. The number of aliphatic hydroxyl groups excluding tert-OH is 2. The lowest BCUT2D eigenvalue weighted by Gasteiger charge is -2.16. The maximum atomic E-state index is 9.02. The molecule has 0 rings (SSSR count). The SMILES string of the molecule is CCCCCCCCCCCCCC(N)CC(CO)CO. The highest BCUT2D eigenvalue weighted by Gasteiger charge is 2.11. The van der Waals surface area contributed by atoms with E-state index in [9.17, 15) is 0 Å². The lowest BCUT2D eigenvalue weighted by molar-refractivity contribution is 0.137. The molecule has 0 aliphatic rings. The molecule has 1 atom stereocenters. The average molecular weight is 302 g/mol. The molecule has 0 radical (unpaired) electrons. The minimum absolute atomic E-state index is 0.0345. The molecule has 0 aromatic carbocycles. The van der Waals surface area contributed by atoms with Crippen LogP contribution in [0.5, 0.6) is 0 Å². The van der Waals surface area contributed by atoms with E-state index < -0.39 is 0 Å². The Balaban J connectivity index is 3.21. The fourth-order valence-corrected chi connectivity index (χ4v) is 2.82. The van der Waals surface area contributed by atoms with Crippen molar-refractivity contribution in [3.63, 3.8) is 0 Å². The maximum absolute atomic E-state index is 9.02. The first-order chi connectivity index (χ1) is 10.2. The van der Waals surface area contributed by atoms with E-state index in [4.69, 9.17) is 15.9 Å². The zero-order chi connectivity index (χ0) is 15.8. The molecule has 0 bridgehead atoms. The normalized spacial score (nSPS) is 13.0. The Morgan fingerprint density at radius 3 is 1.57 bits per heavy atom. The number of unbranched alkanes of at least 4 members (excludes halogenated alkanes) is 10. The summed E-state index contributed by atoms with van der Waals surface area (Å²) in [6.07, 6.45) is 16.7. The predicted octanol–water partition coefficient (Wildman–Crippen LogP) is 4.01. The number of hydrogen-bond acceptors (Lipinski definition) is 3. The Morgan fingerprint density at radius 2 is 1.14 bits per heavy atom. The first-order valence-electron chi connectivity index (χ1n) is 9.21. The van der Waals surface area contributed by atoms with Crippen molar-refractivity contribution in [2.24, 2.45) is 11.7 Å². The van der Waals surface area contributed by atoms with Crippen LogP contribution in [0.15, 0.2) is 0 Å². The van der Waals surface area contributed by atoms with Gasteiger partial charge in [0.25, 0.3) is 0 Å². The molecule has 0 aromatic heterocycles. The van der Waals surface area contributed by atoms with E-state index in [-0.39, 0.29) is 25.2 Å². The molecule has 0 saturated heterocycles. The minimum atomic E-state index is -0.0345. The van der Waals surface area contributed by atoms with Gasteiger partial charge in [0.15, 0.2) is 0 Å². The van der Waals surface area contributed by atoms with Crippen molar-refractivity contribution in [3.8, 4) is 0 Å². The summed E-state index contributed by atoms with van der Waals surface area (Å²) in [5.74, 6) is -0.0345. The van der Waals surface area contributed by atoms with Crippen LogP contribution in [0.2, 0.25) is 0 Å². The number of hydrogen-bond donors (Lipinski definition) is 3. The summed E-state index contributed by atoms with van der Waals surface area (Å²) >= 11 is 0. The molecule has 1 unspecified atom stereocenters. The van der Waals surface area contributed by atoms with Gasteiger partial charge in [0, 0.05) is 25.2 Å². The molecule has 3 heteroatoms. The molecule has 0 fully saturated rings. The van der Waals surface area contributed by atoms with Crippen LogP contribution in [0.1, 0.15) is 90.4 Å². The summed E-state index contributed by atoms with van der Waals surface area (Å²) in [6, 6.07) is 0.132. The molecular weight excluding hydrogens is 262 g/mol. The molecule has 0 heterocycles. The summed E-state index contributed by atoms with van der Waals surface area (Å²) in [7, 11) is 0. The molecule has 128 valence electrons. The van der Waals surface area contributed by atoms with E-state index >= 15 is 0 Å². The van der Waals surface area contributed by atoms with Gasteiger partial charge in [-0.3, -0.25) is 0 Å². The molecule has 21 heavy (non-hydrogen) atoms. The van der Waals surface area contributed by atoms with Crippen LogP contribution in [-0.2, 0) is 0 Å². The third-order valence-electron chi connectivity index (χ3n) is 4.33. The predicted molar refractivity (Wildman–Crippen MR) is 91.3 cm³/mol. The molecule has 4 N–H and O–H groups in total. The van der Waals surface area contributed by atoms with Gasteiger partial charge in [-0.2, -0.15) is 0 Å². The van der Waals surface area contributed by atoms with Gasteiger partial charge in [0.1, 0.15) is 0 Å². The number of rotatable bonds is 16. The van der Waals surface area contributed by atoms with Crippen molar-refractivity contribution in [2.75, 3.05) is 13.2 Å². The average Bonchev–Trinajstić information content (AvgIpc) is 2.50. The van der Waals surface area contributed by atoms with Crippen LogP contribution >= 0.6 is 0 Å². The molecular formula is C18H39NO2. The third kappa shape index (κ3) is 14.6. The van der Waals surface area contributed by atoms with Crippen molar-refractivity contribution in [3.05, 3.63) is 0 Å². The topological polar surface area (TPSA) is 66.5 Å². The quantitative estimate of drug-likeness (QED) is 0.377. The van der Waals surface area contributed by atoms with Gasteiger partial charge in [0.2, 0.25) is 0 Å². The molecule has 0 saturated carbocycles. The number of nitrogens with two attached hydrogens (primary N) is 1. The second-order valence-corrected chi connectivity index (χ2v) is 6.55. The highest BCUT2D eigenvalue weighted by Crippen LogP contribution is 2.14. The fourth-order valence-electron chi connectivity index (χ4n) is 2.82. The Bertz CT molecular complexity index is 196. The summed E-state index contributed by atoms with van der Waals surface area (Å²) in [6.45, 7) is 2.35. The molecule has 0 spiro atoms. The first-order valence-corrected chi connectivity index (χ1v) is 9.21. The van der Waals surface area contributed by atoms with Crippen LogP contribution in [0.3, 0.4) is 0 Å². The lowest BCUT2D eigenvalue weighted by Crippen LogP contribution is -2.26. The highest BCUT2D eigenvalue weighted by molar-refractivity contribution is 4.67. The summed E-state index contributed by atoms with van der Waals surface area (Å²) in [5.41, 5.74) is 6.02. The van der Waals surface area contributed by atoms with Crippen molar-refractivity contribution in [1.82, 2.24) is 0 Å². The van der Waals surface area contributed by atoms with Gasteiger partial charge in [-0.25, -0.2) is 0 Å². The van der Waals surface area contributed by atoms with E-state index in [1.165, 1.54) is 70.6 Å². The zero-order valence-electron chi connectivity index (χ0n) is 14.2. The fraction of sp³-hybridized carbons (Fsp3) is 1.00. The van der Waals surface area contributed by atoms with Crippen LogP contribution in [0.4, 0.5) is 0 Å². The Morgan fingerprint density at radius 1 is 0.714 bits per heavy atom. The van der Waals surface area contributed by atoms with Crippen molar-refractivity contribution in [2.45, 2.75) is 96.4 Å². The lowest BCUT2D eigenvalue weighted by atomic mass is 9.97. The van der Waals surface area contributed by atoms with Crippen molar-refractivity contribution in [1.29, 1.82) is 0 Å². The zero-order valence-corrected chi connectivity index (χ0v) is 14.2. The molecule has 0 aliphatic carbocycles. The van der Waals surface area contributed by atoms with Gasteiger partial charge in [0.05, 0.1) is 0 Å². The third-order valence-corrected chi connectivity index (χ3v) is 4.33. The van der Waals surface area contributed by atoms with Crippen LogP contribution in [0, 0.1) is 5.92 Å². The van der Waals surface area contributed by atoms with Crippen LogP contribution in [-0.4, -0.2) is 29.5 Å². The Hall–Kier alpha value is -0.120. The van der Waals surface area contributed by atoms with Crippen molar-refractivity contribution >= 4 is 0 Å².